The number of nitrogens with two attached hydrogens (primary N) is 2. The summed E-state index contributed by atoms with van der Waals surface area (Å²) in [6, 6.07) is 0. The molecule has 0 amide bonds. The quantitative estimate of drug-likeness (QED) is 0.371. The molecule has 0 saturated carbocycles. The minimum atomic E-state index is 0.0231. The maximum Gasteiger partial charge on any atom is 0.121 e. The second-order valence-corrected chi connectivity index (χ2v) is 0.862. The highest BCUT2D eigenvalue weighted by atomic mass is 16.3. The van der Waals surface area contributed by atoms with Crippen LogP contribution in [0.15, 0.2) is 12.0 Å². The first-order valence-electron chi connectivity index (χ1n) is 1.61. The van der Waals surface area contributed by atoms with E-state index in [9.17, 15) is 0 Å². The zero-order chi connectivity index (χ0) is 4.99. The van der Waals surface area contributed by atoms with Crippen LogP contribution in [0.3, 0.4) is 0 Å². The smallest absolute Gasteiger partial charge is 0.121 e. The Morgan fingerprint density at radius 1 is 1.83 bits per heavy atom. The van der Waals surface area contributed by atoms with E-state index in [-0.39, 0.29) is 12.3 Å². The molecular formula is C3H8N2O. The summed E-state index contributed by atoms with van der Waals surface area (Å²) in [5.41, 5.74) is 9.67. The molecule has 0 unspecified atom stereocenters. The van der Waals surface area contributed by atoms with Gasteiger partial charge in [-0.3, -0.25) is 0 Å². The molecule has 5 N–H and O–H groups in total. The van der Waals surface area contributed by atoms with E-state index >= 15 is 0 Å². The zero-order valence-electron chi connectivity index (χ0n) is 3.39. The first-order valence-corrected chi connectivity index (χ1v) is 1.61. The van der Waals surface area contributed by atoms with E-state index in [1.807, 2.05) is 0 Å². The van der Waals surface area contributed by atoms with Crippen molar-refractivity contribution in [2.45, 2.75) is 0 Å². The Balaban J connectivity index is 3.22. The third-order valence-electron chi connectivity index (χ3n) is 0.402. The van der Waals surface area contributed by atoms with Gasteiger partial charge in [0.25, 0.3) is 0 Å². The molecule has 3 heteroatoms. The topological polar surface area (TPSA) is 72.3 Å². The monoisotopic (exact) mass is 88.1 g/mol. The molecule has 0 rings (SSSR count). The van der Waals surface area contributed by atoms with Gasteiger partial charge in [-0.2, -0.15) is 0 Å². The van der Waals surface area contributed by atoms with Crippen LogP contribution in [0.1, 0.15) is 0 Å². The molecule has 0 saturated heterocycles. The Morgan fingerprint density at radius 3 is 2.33 bits per heavy atom. The fraction of sp³-hybridized carbons (Fsp3) is 0.333. The molecule has 0 aromatic carbocycles. The molecular weight excluding hydrogens is 80.0 g/mol. The maximum atomic E-state index is 8.28. The van der Waals surface area contributed by atoms with Gasteiger partial charge in [-0.15, -0.1) is 0 Å². The fourth-order valence-electron chi connectivity index (χ4n) is 0.0680. The standard InChI is InChI=1S/C3H8N2O/c4-1-3(6)2-5/h1,6H,2,4-5H2. The molecule has 0 bridgehead atoms. The van der Waals surface area contributed by atoms with Crippen LogP contribution in [0.4, 0.5) is 0 Å². The van der Waals surface area contributed by atoms with Crippen molar-refractivity contribution < 1.29 is 5.11 Å². The summed E-state index contributed by atoms with van der Waals surface area (Å²) in [7, 11) is 0. The molecule has 0 aromatic heterocycles. The lowest BCUT2D eigenvalue weighted by atomic mass is 10.5. The highest BCUT2D eigenvalue weighted by Crippen LogP contribution is 1.72. The summed E-state index contributed by atoms with van der Waals surface area (Å²) in [6.45, 7) is 0.122. The third kappa shape index (κ3) is 1.60. The largest absolute Gasteiger partial charge is 0.509 e. The van der Waals surface area contributed by atoms with Crippen molar-refractivity contribution in [3.8, 4) is 0 Å². The van der Waals surface area contributed by atoms with Crippen LogP contribution >= 0.6 is 0 Å². The molecule has 0 fully saturated rings. The van der Waals surface area contributed by atoms with Crippen LogP contribution < -0.4 is 11.5 Å². The van der Waals surface area contributed by atoms with Crippen molar-refractivity contribution in [2.75, 3.05) is 6.54 Å². The first-order chi connectivity index (χ1) is 2.81. The van der Waals surface area contributed by atoms with E-state index < -0.39 is 0 Å². The lowest BCUT2D eigenvalue weighted by Gasteiger charge is -1.85. The minimum absolute atomic E-state index is 0.0231. The Hall–Kier alpha value is -0.700. The van der Waals surface area contributed by atoms with E-state index in [2.05, 4.69) is 0 Å². The Kier molecular flexibility index (Phi) is 2.24. The molecule has 0 aliphatic heterocycles. The SMILES string of the molecule is NC=C(O)CN. The van der Waals surface area contributed by atoms with Gasteiger partial charge >= 0.3 is 0 Å². The number of rotatable bonds is 1. The molecule has 0 spiro atoms. The summed E-state index contributed by atoms with van der Waals surface area (Å²) in [4.78, 5) is 0. The lowest BCUT2D eigenvalue weighted by molar-refractivity contribution is 0.402. The maximum absolute atomic E-state index is 8.28. The van der Waals surface area contributed by atoms with Gasteiger partial charge in [-0.25, -0.2) is 0 Å². The Labute approximate surface area is 36.3 Å². The summed E-state index contributed by atoms with van der Waals surface area (Å²) in [6.07, 6.45) is 1.07. The van der Waals surface area contributed by atoms with Crippen molar-refractivity contribution in [3.05, 3.63) is 12.0 Å². The Bertz CT molecular complexity index is 59.8. The molecule has 0 aliphatic rings. The predicted molar refractivity (Wildman–Crippen MR) is 24.0 cm³/mol. The van der Waals surface area contributed by atoms with Crippen LogP contribution in [-0.4, -0.2) is 11.7 Å². The van der Waals surface area contributed by atoms with Gasteiger partial charge in [-0.05, 0) is 0 Å². The van der Waals surface area contributed by atoms with Crippen LogP contribution in [-0.2, 0) is 0 Å². The highest BCUT2D eigenvalue weighted by molar-refractivity contribution is 4.86. The van der Waals surface area contributed by atoms with Gasteiger partial charge in [-0.1, -0.05) is 0 Å². The molecule has 0 radical (unpaired) electrons. The minimum Gasteiger partial charge on any atom is -0.509 e. The van der Waals surface area contributed by atoms with Crippen molar-refractivity contribution >= 4 is 0 Å². The molecule has 6 heavy (non-hydrogen) atoms. The van der Waals surface area contributed by atoms with Crippen LogP contribution in [0.25, 0.3) is 0 Å². The normalized spacial score (nSPS) is 11.8. The van der Waals surface area contributed by atoms with Crippen molar-refractivity contribution in [1.29, 1.82) is 0 Å². The molecule has 0 aromatic rings. The molecule has 0 aliphatic carbocycles. The lowest BCUT2D eigenvalue weighted by Crippen LogP contribution is -2.03. The molecule has 0 heterocycles. The van der Waals surface area contributed by atoms with Crippen molar-refractivity contribution in [2.24, 2.45) is 11.5 Å². The van der Waals surface area contributed by atoms with Gasteiger partial charge in [0.05, 0.1) is 6.54 Å². The zero-order valence-corrected chi connectivity index (χ0v) is 3.39. The van der Waals surface area contributed by atoms with E-state index in [1.54, 1.807) is 0 Å². The van der Waals surface area contributed by atoms with E-state index in [0.717, 1.165) is 6.20 Å². The molecule has 36 valence electrons. The molecule has 3 nitrogen and oxygen atoms in total. The second kappa shape index (κ2) is 2.53. The van der Waals surface area contributed by atoms with E-state index in [1.165, 1.54) is 0 Å². The van der Waals surface area contributed by atoms with Crippen LogP contribution in [0, 0.1) is 0 Å². The van der Waals surface area contributed by atoms with Crippen LogP contribution in [0.5, 0.6) is 0 Å². The number of aliphatic hydroxyl groups is 1. The Morgan fingerprint density at radius 2 is 2.33 bits per heavy atom. The summed E-state index contributed by atoms with van der Waals surface area (Å²) in [5, 5.41) is 8.28. The average molecular weight is 88.1 g/mol. The number of hydrogen-bond donors (Lipinski definition) is 3. The van der Waals surface area contributed by atoms with Gasteiger partial charge in [0.15, 0.2) is 0 Å². The first kappa shape index (κ1) is 5.30. The van der Waals surface area contributed by atoms with Gasteiger partial charge in [0.2, 0.25) is 0 Å². The summed E-state index contributed by atoms with van der Waals surface area (Å²) < 4.78 is 0. The highest BCUT2D eigenvalue weighted by Gasteiger charge is 1.77. The van der Waals surface area contributed by atoms with E-state index in [4.69, 9.17) is 16.6 Å². The number of hydrogen-bond acceptors (Lipinski definition) is 3. The van der Waals surface area contributed by atoms with Crippen LogP contribution in [0.2, 0.25) is 0 Å². The summed E-state index contributed by atoms with van der Waals surface area (Å²) in [5.74, 6) is 0.0231. The second-order valence-electron chi connectivity index (χ2n) is 0.862. The average Bonchev–Trinajstić information content (AvgIpc) is 1.65. The third-order valence-corrected chi connectivity index (χ3v) is 0.402. The summed E-state index contributed by atoms with van der Waals surface area (Å²) >= 11 is 0. The van der Waals surface area contributed by atoms with Gasteiger partial charge in [0.1, 0.15) is 5.76 Å². The van der Waals surface area contributed by atoms with Crippen molar-refractivity contribution in [3.63, 3.8) is 0 Å². The molecule has 0 atom stereocenters. The fourth-order valence-corrected chi connectivity index (χ4v) is 0.0680. The van der Waals surface area contributed by atoms with Gasteiger partial charge in [0, 0.05) is 6.20 Å². The van der Waals surface area contributed by atoms with Crippen molar-refractivity contribution in [1.82, 2.24) is 0 Å². The number of aliphatic hydroxyl groups excluding tert-OH is 1. The van der Waals surface area contributed by atoms with E-state index in [0.29, 0.717) is 0 Å². The predicted octanol–water partition coefficient (Wildman–Crippen LogP) is -0.697. The van der Waals surface area contributed by atoms with Gasteiger partial charge < -0.3 is 16.6 Å².